The van der Waals surface area contributed by atoms with Crippen LogP contribution in [0, 0.1) is 5.21 Å². The van der Waals surface area contributed by atoms with E-state index in [9.17, 15) is 5.21 Å². The second kappa shape index (κ2) is 5.58. The van der Waals surface area contributed by atoms with Gasteiger partial charge in [0.05, 0.1) is 5.69 Å². The SMILES string of the molecule is [O-]N(O)c1ccc(NSc2ccccc2)cc1. The molecule has 0 fully saturated rings. The van der Waals surface area contributed by atoms with E-state index in [1.165, 1.54) is 11.9 Å². The van der Waals surface area contributed by atoms with Gasteiger partial charge in [-0.25, -0.2) is 0 Å². The van der Waals surface area contributed by atoms with E-state index in [1.807, 2.05) is 30.3 Å². The summed E-state index contributed by atoms with van der Waals surface area (Å²) >= 11 is 1.48. The molecule has 0 saturated carbocycles. The first kappa shape index (κ1) is 11.8. The first-order valence-electron chi connectivity index (χ1n) is 5.00. The van der Waals surface area contributed by atoms with E-state index in [2.05, 4.69) is 4.72 Å². The topological polar surface area (TPSA) is 58.6 Å². The highest BCUT2D eigenvalue weighted by molar-refractivity contribution is 8.00. The van der Waals surface area contributed by atoms with Gasteiger partial charge in [-0.3, -0.25) is 5.21 Å². The molecule has 0 radical (unpaired) electrons. The predicted molar refractivity (Wildman–Crippen MR) is 70.0 cm³/mol. The lowest BCUT2D eigenvalue weighted by Crippen LogP contribution is -2.06. The highest BCUT2D eigenvalue weighted by Gasteiger charge is 1.95. The maximum Gasteiger partial charge on any atom is 0.0510 e. The zero-order chi connectivity index (χ0) is 12.1. The van der Waals surface area contributed by atoms with E-state index in [0.717, 1.165) is 10.6 Å². The number of rotatable bonds is 4. The van der Waals surface area contributed by atoms with Crippen LogP contribution in [0.2, 0.25) is 0 Å². The molecule has 0 bridgehead atoms. The summed E-state index contributed by atoms with van der Waals surface area (Å²) < 4.78 is 3.14. The molecule has 2 aromatic rings. The van der Waals surface area contributed by atoms with Crippen molar-refractivity contribution in [2.75, 3.05) is 9.95 Å². The van der Waals surface area contributed by atoms with Crippen molar-refractivity contribution in [3.63, 3.8) is 0 Å². The highest BCUT2D eigenvalue weighted by Crippen LogP contribution is 2.22. The van der Waals surface area contributed by atoms with Crippen molar-refractivity contribution in [3.8, 4) is 0 Å². The Hall–Kier alpha value is -1.69. The smallest absolute Gasteiger partial charge is 0.0510 e. The molecular weight excluding hydrogens is 236 g/mol. The number of benzene rings is 2. The first-order chi connectivity index (χ1) is 8.25. The molecular formula is C12H11N2O2S-. The van der Waals surface area contributed by atoms with E-state index in [-0.39, 0.29) is 10.9 Å². The molecule has 2 aromatic carbocycles. The molecule has 0 aliphatic carbocycles. The van der Waals surface area contributed by atoms with Gasteiger partial charge in [0.2, 0.25) is 0 Å². The summed E-state index contributed by atoms with van der Waals surface area (Å²) in [6.07, 6.45) is 0. The molecule has 0 aliphatic heterocycles. The van der Waals surface area contributed by atoms with Crippen molar-refractivity contribution in [2.24, 2.45) is 0 Å². The fourth-order valence-electron chi connectivity index (χ4n) is 1.26. The molecule has 2 rings (SSSR count). The maximum atomic E-state index is 10.6. The minimum atomic E-state index is -0.159. The van der Waals surface area contributed by atoms with Crippen molar-refractivity contribution in [3.05, 3.63) is 59.8 Å². The van der Waals surface area contributed by atoms with E-state index in [4.69, 9.17) is 5.21 Å². The lowest BCUT2D eigenvalue weighted by atomic mass is 10.3. The van der Waals surface area contributed by atoms with E-state index in [0.29, 0.717) is 0 Å². The molecule has 4 nitrogen and oxygen atoms in total. The van der Waals surface area contributed by atoms with Gasteiger partial charge < -0.3 is 15.2 Å². The molecule has 0 heterocycles. The third-order valence-corrected chi connectivity index (χ3v) is 2.96. The van der Waals surface area contributed by atoms with Crippen LogP contribution in [0.25, 0.3) is 0 Å². The van der Waals surface area contributed by atoms with Gasteiger partial charge in [-0.2, -0.15) is 0 Å². The Balaban J connectivity index is 1.96. The molecule has 17 heavy (non-hydrogen) atoms. The quantitative estimate of drug-likeness (QED) is 0.639. The standard InChI is InChI=1S/C12H11N2O2S/c15-14(16)11-8-6-10(7-9-11)13-17-12-4-2-1-3-5-12/h1-9,13,15H/q-1. The molecule has 0 unspecified atom stereocenters. The zero-order valence-corrected chi connectivity index (χ0v) is 9.72. The minimum absolute atomic E-state index is 0.159. The first-order valence-corrected chi connectivity index (χ1v) is 5.81. The van der Waals surface area contributed by atoms with Crippen molar-refractivity contribution in [1.29, 1.82) is 0 Å². The third-order valence-electron chi connectivity index (χ3n) is 2.12. The van der Waals surface area contributed by atoms with Crippen LogP contribution >= 0.6 is 11.9 Å². The Bertz CT molecular complexity index is 460. The van der Waals surface area contributed by atoms with Crippen LogP contribution in [-0.2, 0) is 0 Å². The summed E-state index contributed by atoms with van der Waals surface area (Å²) in [5, 5.41) is 19.1. The molecule has 0 spiro atoms. The fourth-order valence-corrected chi connectivity index (χ4v) is 1.93. The van der Waals surface area contributed by atoms with Crippen LogP contribution in [-0.4, -0.2) is 5.21 Å². The van der Waals surface area contributed by atoms with Crippen LogP contribution in [0.5, 0.6) is 0 Å². The summed E-state index contributed by atoms with van der Waals surface area (Å²) in [7, 11) is 0. The summed E-state index contributed by atoms with van der Waals surface area (Å²) in [6.45, 7) is 0. The summed E-state index contributed by atoms with van der Waals surface area (Å²) in [5.74, 6) is 0. The summed E-state index contributed by atoms with van der Waals surface area (Å²) in [5.41, 5.74) is 1.07. The van der Waals surface area contributed by atoms with Gasteiger partial charge in [0.1, 0.15) is 0 Å². The Kier molecular flexibility index (Phi) is 3.87. The van der Waals surface area contributed by atoms with E-state index in [1.54, 1.807) is 24.3 Å². The largest absolute Gasteiger partial charge is 0.733 e. The number of nitrogens with one attached hydrogen (secondary N) is 1. The van der Waals surface area contributed by atoms with Crippen LogP contribution in [0.1, 0.15) is 0 Å². The van der Waals surface area contributed by atoms with Gasteiger partial charge in [-0.1, -0.05) is 18.2 Å². The van der Waals surface area contributed by atoms with Crippen molar-refractivity contribution < 1.29 is 5.21 Å². The molecule has 0 atom stereocenters. The fraction of sp³-hybridized carbons (Fsp3) is 0. The summed E-state index contributed by atoms with van der Waals surface area (Å²) in [6, 6.07) is 16.4. The van der Waals surface area contributed by atoms with Crippen LogP contribution in [0.15, 0.2) is 59.5 Å². The third kappa shape index (κ3) is 3.39. The van der Waals surface area contributed by atoms with Gasteiger partial charge in [0.15, 0.2) is 0 Å². The van der Waals surface area contributed by atoms with Gasteiger partial charge in [0, 0.05) is 10.6 Å². The van der Waals surface area contributed by atoms with Gasteiger partial charge in [-0.15, -0.1) is 0 Å². The number of hydrogen-bond donors (Lipinski definition) is 2. The second-order valence-electron chi connectivity index (χ2n) is 3.34. The highest BCUT2D eigenvalue weighted by atomic mass is 32.2. The van der Waals surface area contributed by atoms with Gasteiger partial charge in [0.25, 0.3) is 0 Å². The molecule has 2 N–H and O–H groups in total. The number of anilines is 2. The molecule has 5 heteroatoms. The van der Waals surface area contributed by atoms with E-state index < -0.39 is 0 Å². The van der Waals surface area contributed by atoms with Crippen LogP contribution in [0.3, 0.4) is 0 Å². The molecule has 0 amide bonds. The molecule has 0 saturated heterocycles. The van der Waals surface area contributed by atoms with Gasteiger partial charge >= 0.3 is 0 Å². The average Bonchev–Trinajstić information content (AvgIpc) is 2.38. The normalized spacial score (nSPS) is 10.0. The van der Waals surface area contributed by atoms with Crippen molar-refractivity contribution >= 4 is 23.3 Å². The lowest BCUT2D eigenvalue weighted by Gasteiger charge is -2.21. The maximum absolute atomic E-state index is 10.6. The van der Waals surface area contributed by atoms with Crippen LogP contribution in [0.4, 0.5) is 11.4 Å². The minimum Gasteiger partial charge on any atom is -0.733 e. The van der Waals surface area contributed by atoms with E-state index >= 15 is 0 Å². The van der Waals surface area contributed by atoms with Crippen molar-refractivity contribution in [1.82, 2.24) is 0 Å². The molecule has 88 valence electrons. The summed E-state index contributed by atoms with van der Waals surface area (Å²) in [4.78, 5) is 1.10. The zero-order valence-electron chi connectivity index (χ0n) is 8.91. The molecule has 0 aromatic heterocycles. The number of nitrogens with zero attached hydrogens (tertiary/aromatic N) is 1. The monoisotopic (exact) mass is 247 g/mol. The van der Waals surface area contributed by atoms with Crippen molar-refractivity contribution in [2.45, 2.75) is 4.90 Å². The lowest BCUT2D eigenvalue weighted by molar-refractivity contribution is 0.296. The van der Waals surface area contributed by atoms with Gasteiger partial charge in [-0.05, 0) is 48.3 Å². The second-order valence-corrected chi connectivity index (χ2v) is 4.22. The Morgan fingerprint density at radius 2 is 1.65 bits per heavy atom. The Morgan fingerprint density at radius 1 is 1.00 bits per heavy atom. The van der Waals surface area contributed by atoms with Crippen LogP contribution < -0.4 is 9.95 Å². The number of hydrogen-bond acceptors (Lipinski definition) is 5. The molecule has 0 aliphatic rings. The Labute approximate surface area is 104 Å². The Morgan fingerprint density at radius 3 is 2.24 bits per heavy atom. The predicted octanol–water partition coefficient (Wildman–Crippen LogP) is 3.50. The average molecular weight is 247 g/mol.